The van der Waals surface area contributed by atoms with Crippen LogP contribution in [0.2, 0.25) is 0 Å². The molecule has 0 fully saturated rings. The smallest absolute Gasteiger partial charge is 0.288 e. The highest BCUT2D eigenvalue weighted by Gasteiger charge is 2.12. The van der Waals surface area contributed by atoms with Crippen LogP contribution in [-0.2, 0) is 28.5 Å². The number of aryl methyl sites for hydroxylation is 1. The van der Waals surface area contributed by atoms with Gasteiger partial charge < -0.3 is 9.87 Å². The summed E-state index contributed by atoms with van der Waals surface area (Å²) in [5, 5.41) is 10.5. The van der Waals surface area contributed by atoms with Gasteiger partial charge in [-0.05, 0) is 5.10 Å². The second kappa shape index (κ2) is 6.58. The van der Waals surface area contributed by atoms with Crippen molar-refractivity contribution in [1.82, 2.24) is 25.2 Å². The summed E-state index contributed by atoms with van der Waals surface area (Å²) in [6.07, 6.45) is 4.66. The van der Waals surface area contributed by atoms with Gasteiger partial charge in [-0.3, -0.25) is 9.48 Å². The van der Waals surface area contributed by atoms with Crippen molar-refractivity contribution in [2.75, 3.05) is 12.3 Å². The fourth-order valence-electron chi connectivity index (χ4n) is 1.60. The van der Waals surface area contributed by atoms with Crippen molar-refractivity contribution in [3.8, 4) is 11.4 Å². The summed E-state index contributed by atoms with van der Waals surface area (Å²) in [7, 11) is -2.58. The Morgan fingerprint density at radius 3 is 2.82 bits per heavy atom. The fourth-order valence-corrected chi connectivity index (χ4v) is 1.95. The van der Waals surface area contributed by atoms with Crippen LogP contribution in [-0.4, -0.2) is 51.0 Å². The molecule has 118 valence electrons. The zero-order valence-electron chi connectivity index (χ0n) is 11.7. The number of nitrogens with one attached hydrogen (secondary N) is 1. The topological polar surface area (TPSA) is 134 Å². The van der Waals surface area contributed by atoms with Crippen molar-refractivity contribution in [3.05, 3.63) is 24.8 Å². The van der Waals surface area contributed by atoms with Crippen molar-refractivity contribution in [3.63, 3.8) is 0 Å². The predicted octanol–water partition coefficient (Wildman–Crippen LogP) is -2.17. The van der Waals surface area contributed by atoms with E-state index in [9.17, 15) is 17.8 Å². The number of nitrogens with zero attached hydrogens (tertiary/aromatic N) is 5. The third-order valence-corrected chi connectivity index (χ3v) is 3.31. The Labute approximate surface area is 126 Å². The van der Waals surface area contributed by atoms with E-state index in [1.165, 1.54) is 10.9 Å². The zero-order chi connectivity index (χ0) is 16.2. The lowest BCUT2D eigenvalue weighted by atomic mass is 10.3. The van der Waals surface area contributed by atoms with Crippen LogP contribution >= 0.6 is 0 Å². The van der Waals surface area contributed by atoms with Gasteiger partial charge in [0, 0.05) is 19.7 Å². The van der Waals surface area contributed by atoms with Gasteiger partial charge in [0.2, 0.25) is 0 Å². The lowest BCUT2D eigenvalue weighted by Gasteiger charge is -2.06. The molecule has 0 aliphatic rings. The van der Waals surface area contributed by atoms with Crippen LogP contribution in [0.5, 0.6) is 0 Å². The molecule has 10 nitrogen and oxygen atoms in total. The highest BCUT2D eigenvalue weighted by Crippen LogP contribution is 2.09. The van der Waals surface area contributed by atoms with Crippen molar-refractivity contribution in [2.24, 2.45) is 7.05 Å². The van der Waals surface area contributed by atoms with Crippen molar-refractivity contribution in [1.29, 1.82) is 0 Å². The van der Waals surface area contributed by atoms with E-state index < -0.39 is 21.8 Å². The molecule has 0 bridgehead atoms. The number of hydrogen-bond donors (Lipinski definition) is 1. The van der Waals surface area contributed by atoms with Crippen LogP contribution in [0.15, 0.2) is 24.8 Å². The van der Waals surface area contributed by atoms with Gasteiger partial charge >= 0.3 is 0 Å². The molecule has 1 N–H and O–H groups in total. The Hall–Kier alpha value is -2.40. The highest BCUT2D eigenvalue weighted by molar-refractivity contribution is 7.85. The number of carbonyl (C=O) groups excluding carboxylic acids is 1. The van der Waals surface area contributed by atoms with Crippen LogP contribution in [0.1, 0.15) is 0 Å². The maximum absolute atomic E-state index is 11.6. The largest absolute Gasteiger partial charge is 0.748 e. The van der Waals surface area contributed by atoms with E-state index in [4.69, 9.17) is 0 Å². The molecule has 2 aromatic heterocycles. The minimum atomic E-state index is -4.33. The maximum atomic E-state index is 11.6. The fraction of sp³-hybridized carbons (Fsp3) is 0.364. The molecule has 0 atom stereocenters. The molecule has 0 aromatic carbocycles. The normalized spacial score (nSPS) is 11.4. The third kappa shape index (κ3) is 4.86. The van der Waals surface area contributed by atoms with E-state index >= 15 is 0 Å². The Morgan fingerprint density at radius 2 is 2.27 bits per heavy atom. The molecular formula is C11H14N6O4S. The third-order valence-electron chi connectivity index (χ3n) is 2.61. The lowest BCUT2D eigenvalue weighted by molar-refractivity contribution is -0.742. The van der Waals surface area contributed by atoms with Crippen molar-refractivity contribution >= 4 is 16.0 Å². The van der Waals surface area contributed by atoms with E-state index in [2.05, 4.69) is 20.5 Å². The average molecular weight is 326 g/mol. The molecule has 0 unspecified atom stereocenters. The quantitative estimate of drug-likeness (QED) is 0.471. The van der Waals surface area contributed by atoms with E-state index in [0.717, 1.165) is 0 Å². The Balaban J connectivity index is 1.90. The molecule has 0 saturated heterocycles. The number of rotatable bonds is 6. The SMILES string of the molecule is Cn1cnc(-c2cc[n+](CC(=O)NCCS(=O)(=O)[O-])nc2)n1. The Bertz CT molecular complexity index is 755. The second-order valence-electron chi connectivity index (χ2n) is 4.47. The molecule has 1 amide bonds. The van der Waals surface area contributed by atoms with Crippen LogP contribution in [0.25, 0.3) is 11.4 Å². The van der Waals surface area contributed by atoms with Crippen molar-refractivity contribution in [2.45, 2.75) is 6.54 Å². The molecule has 0 spiro atoms. The molecule has 2 rings (SSSR count). The zero-order valence-corrected chi connectivity index (χ0v) is 12.5. The van der Waals surface area contributed by atoms with E-state index in [-0.39, 0.29) is 13.1 Å². The van der Waals surface area contributed by atoms with Gasteiger partial charge in [0.25, 0.3) is 12.5 Å². The van der Waals surface area contributed by atoms with Gasteiger partial charge in [-0.15, -0.1) is 0 Å². The first-order valence-corrected chi connectivity index (χ1v) is 7.83. The van der Waals surface area contributed by atoms with Gasteiger partial charge in [-0.25, -0.2) is 13.4 Å². The summed E-state index contributed by atoms with van der Waals surface area (Å²) in [4.78, 5) is 15.6. The molecule has 11 heteroatoms. The first kappa shape index (κ1) is 16.0. The van der Waals surface area contributed by atoms with Crippen LogP contribution in [0, 0.1) is 0 Å². The predicted molar refractivity (Wildman–Crippen MR) is 72.0 cm³/mol. The van der Waals surface area contributed by atoms with Gasteiger partial charge in [0.15, 0.2) is 12.0 Å². The lowest BCUT2D eigenvalue weighted by Crippen LogP contribution is -2.46. The average Bonchev–Trinajstić information content (AvgIpc) is 2.85. The number of amides is 1. The van der Waals surface area contributed by atoms with Gasteiger partial charge in [0.05, 0.1) is 21.4 Å². The summed E-state index contributed by atoms with van der Waals surface area (Å²) in [6.45, 7) is -0.310. The number of carbonyl (C=O) groups is 1. The van der Waals surface area contributed by atoms with Crippen LogP contribution in [0.4, 0.5) is 0 Å². The van der Waals surface area contributed by atoms with E-state index in [1.54, 1.807) is 30.3 Å². The summed E-state index contributed by atoms with van der Waals surface area (Å²) in [5.41, 5.74) is 0.703. The van der Waals surface area contributed by atoms with E-state index in [1.807, 2.05) is 0 Å². The Morgan fingerprint density at radius 1 is 1.50 bits per heavy atom. The summed E-state index contributed by atoms with van der Waals surface area (Å²) in [6, 6.07) is 1.71. The van der Waals surface area contributed by atoms with E-state index in [0.29, 0.717) is 11.4 Å². The number of hydrogen-bond acceptors (Lipinski definition) is 7. The molecule has 0 radical (unpaired) electrons. The molecule has 0 saturated carbocycles. The minimum absolute atomic E-state index is 0.0885. The van der Waals surface area contributed by atoms with Gasteiger partial charge in [0.1, 0.15) is 12.5 Å². The first-order chi connectivity index (χ1) is 10.3. The molecule has 22 heavy (non-hydrogen) atoms. The van der Waals surface area contributed by atoms with Gasteiger partial charge in [-0.2, -0.15) is 5.10 Å². The summed E-state index contributed by atoms with van der Waals surface area (Å²) in [5.74, 6) is -0.557. The highest BCUT2D eigenvalue weighted by atomic mass is 32.2. The summed E-state index contributed by atoms with van der Waals surface area (Å²) < 4.78 is 34.2. The Kier molecular flexibility index (Phi) is 4.78. The molecule has 0 aliphatic heterocycles. The first-order valence-electron chi connectivity index (χ1n) is 6.25. The maximum Gasteiger partial charge on any atom is 0.288 e. The molecule has 2 heterocycles. The molecule has 0 aliphatic carbocycles. The monoisotopic (exact) mass is 326 g/mol. The van der Waals surface area contributed by atoms with Crippen molar-refractivity contribution < 1.29 is 22.4 Å². The molecule has 2 aromatic rings. The van der Waals surface area contributed by atoms with Crippen LogP contribution in [0.3, 0.4) is 0 Å². The molecular weight excluding hydrogens is 312 g/mol. The number of aromatic nitrogens is 5. The van der Waals surface area contributed by atoms with Gasteiger partial charge in [-0.1, -0.05) is 4.68 Å². The minimum Gasteiger partial charge on any atom is -0.748 e. The second-order valence-corrected chi connectivity index (χ2v) is 5.99. The summed E-state index contributed by atoms with van der Waals surface area (Å²) >= 11 is 0. The van der Waals surface area contributed by atoms with Crippen LogP contribution < -0.4 is 10.00 Å². The standard InChI is InChI=1S/C11H14N6O4S/c1-16-8-13-11(15-16)9-2-4-17(14-6-9)7-10(18)12-3-5-22(19,20)21/h2,4,6,8H,3,5,7H2,1H3,(H-,12,18,19,20,21).